The Labute approximate surface area is 136 Å². The zero-order valence-electron chi connectivity index (χ0n) is 13.9. The average Bonchev–Trinajstić information content (AvgIpc) is 2.91. The summed E-state index contributed by atoms with van der Waals surface area (Å²) >= 11 is 0. The highest BCUT2D eigenvalue weighted by atomic mass is 35.5. The molecule has 0 radical (unpaired) electrons. The van der Waals surface area contributed by atoms with Gasteiger partial charge in [0.2, 0.25) is 5.91 Å². The fraction of sp³-hybridized carbons (Fsp3) is 0.941. The number of halogens is 1. The molecule has 4 heteroatoms. The second-order valence-corrected chi connectivity index (χ2v) is 7.63. The quantitative estimate of drug-likeness (QED) is 0.861. The summed E-state index contributed by atoms with van der Waals surface area (Å²) in [6.07, 6.45) is 8.43. The Hall–Kier alpha value is -0.280. The average molecular weight is 317 g/mol. The van der Waals surface area contributed by atoms with Gasteiger partial charge in [-0.1, -0.05) is 46.5 Å². The second kappa shape index (κ2) is 7.82. The van der Waals surface area contributed by atoms with Crippen LogP contribution in [-0.4, -0.2) is 29.9 Å². The lowest BCUT2D eigenvalue weighted by Gasteiger charge is -2.43. The van der Waals surface area contributed by atoms with E-state index in [1.165, 1.54) is 25.7 Å². The van der Waals surface area contributed by atoms with E-state index in [9.17, 15) is 4.79 Å². The number of amides is 1. The highest BCUT2D eigenvalue weighted by molar-refractivity contribution is 5.85. The fourth-order valence-electron chi connectivity index (χ4n) is 3.91. The van der Waals surface area contributed by atoms with Gasteiger partial charge in [0.25, 0.3) is 0 Å². The first kappa shape index (κ1) is 18.8. The first-order chi connectivity index (χ1) is 9.44. The zero-order valence-corrected chi connectivity index (χ0v) is 14.8. The Bertz CT molecular complexity index is 340. The molecule has 1 saturated carbocycles. The van der Waals surface area contributed by atoms with Gasteiger partial charge in [0.05, 0.1) is 0 Å². The largest absolute Gasteiger partial charge is 0.342 e. The molecule has 1 amide bonds. The standard InChI is InChI=1S/C17H32N2O.ClH/c1-4-14(11-13-7-5-6-8-13)16(20)19-10-9-15(18)17(2,3)12-19;/h13-15H,4-12,18H2,1-3H3;1H. The molecular weight excluding hydrogens is 284 g/mol. The van der Waals surface area contributed by atoms with Crippen LogP contribution >= 0.6 is 12.4 Å². The number of piperidine rings is 1. The molecule has 0 aromatic heterocycles. The molecule has 0 aromatic carbocycles. The summed E-state index contributed by atoms with van der Waals surface area (Å²) in [7, 11) is 0. The van der Waals surface area contributed by atoms with Gasteiger partial charge in [-0.25, -0.2) is 0 Å². The number of carbonyl (C=O) groups is 1. The monoisotopic (exact) mass is 316 g/mol. The molecule has 0 bridgehead atoms. The van der Waals surface area contributed by atoms with Crippen LogP contribution in [0.1, 0.15) is 65.7 Å². The van der Waals surface area contributed by atoms with Crippen molar-refractivity contribution < 1.29 is 4.79 Å². The number of nitrogens with two attached hydrogens (primary N) is 1. The minimum atomic E-state index is 0. The number of likely N-dealkylation sites (tertiary alicyclic amines) is 1. The van der Waals surface area contributed by atoms with Crippen molar-refractivity contribution in [1.29, 1.82) is 0 Å². The molecule has 2 aliphatic rings. The van der Waals surface area contributed by atoms with E-state index in [-0.39, 0.29) is 29.8 Å². The van der Waals surface area contributed by atoms with Crippen LogP contribution in [0.3, 0.4) is 0 Å². The molecule has 3 nitrogen and oxygen atoms in total. The van der Waals surface area contributed by atoms with E-state index < -0.39 is 0 Å². The summed E-state index contributed by atoms with van der Waals surface area (Å²) in [6.45, 7) is 8.22. The molecule has 2 rings (SSSR count). The Morgan fingerprint density at radius 1 is 1.29 bits per heavy atom. The first-order valence-corrected chi connectivity index (χ1v) is 8.48. The van der Waals surface area contributed by atoms with Gasteiger partial charge in [-0.3, -0.25) is 4.79 Å². The van der Waals surface area contributed by atoms with Gasteiger partial charge in [-0.05, 0) is 30.6 Å². The summed E-state index contributed by atoms with van der Waals surface area (Å²) in [5.41, 5.74) is 6.23. The van der Waals surface area contributed by atoms with Crippen molar-refractivity contribution in [3.05, 3.63) is 0 Å². The Morgan fingerprint density at radius 2 is 1.90 bits per heavy atom. The van der Waals surface area contributed by atoms with Crippen LogP contribution in [0, 0.1) is 17.3 Å². The maximum atomic E-state index is 12.8. The van der Waals surface area contributed by atoms with Crippen molar-refractivity contribution in [3.8, 4) is 0 Å². The van der Waals surface area contributed by atoms with Crippen molar-refractivity contribution >= 4 is 18.3 Å². The molecule has 2 N–H and O–H groups in total. The molecule has 2 fully saturated rings. The molecule has 1 aliphatic heterocycles. The lowest BCUT2D eigenvalue weighted by atomic mass is 9.79. The van der Waals surface area contributed by atoms with E-state index >= 15 is 0 Å². The molecule has 1 saturated heterocycles. The Balaban J connectivity index is 0.00000220. The van der Waals surface area contributed by atoms with Crippen molar-refractivity contribution in [2.45, 2.75) is 71.8 Å². The molecule has 0 spiro atoms. The number of carbonyl (C=O) groups excluding carboxylic acids is 1. The predicted molar refractivity (Wildman–Crippen MR) is 90.6 cm³/mol. The molecule has 124 valence electrons. The topological polar surface area (TPSA) is 46.3 Å². The Morgan fingerprint density at radius 3 is 2.43 bits per heavy atom. The maximum absolute atomic E-state index is 12.8. The van der Waals surface area contributed by atoms with Gasteiger partial charge in [0.1, 0.15) is 0 Å². The van der Waals surface area contributed by atoms with Crippen LogP contribution < -0.4 is 5.73 Å². The molecule has 21 heavy (non-hydrogen) atoms. The highest BCUT2D eigenvalue weighted by Crippen LogP contribution is 2.34. The van der Waals surface area contributed by atoms with Crippen LogP contribution in [0.25, 0.3) is 0 Å². The second-order valence-electron chi connectivity index (χ2n) is 7.63. The minimum Gasteiger partial charge on any atom is -0.342 e. The summed E-state index contributed by atoms with van der Waals surface area (Å²) < 4.78 is 0. The first-order valence-electron chi connectivity index (χ1n) is 8.48. The van der Waals surface area contributed by atoms with Gasteiger partial charge in [0.15, 0.2) is 0 Å². The number of hydrogen-bond acceptors (Lipinski definition) is 2. The molecule has 2 atom stereocenters. The number of rotatable bonds is 4. The summed E-state index contributed by atoms with van der Waals surface area (Å²) in [5.74, 6) is 1.42. The third kappa shape index (κ3) is 4.59. The van der Waals surface area contributed by atoms with Crippen LogP contribution in [0.5, 0.6) is 0 Å². The fourth-order valence-corrected chi connectivity index (χ4v) is 3.91. The smallest absolute Gasteiger partial charge is 0.225 e. The van der Waals surface area contributed by atoms with E-state index in [1.54, 1.807) is 0 Å². The van der Waals surface area contributed by atoms with E-state index in [0.717, 1.165) is 38.3 Å². The van der Waals surface area contributed by atoms with Crippen molar-refractivity contribution in [1.82, 2.24) is 4.90 Å². The van der Waals surface area contributed by atoms with Crippen LogP contribution in [0.2, 0.25) is 0 Å². The van der Waals surface area contributed by atoms with Crippen LogP contribution in [-0.2, 0) is 4.79 Å². The van der Waals surface area contributed by atoms with Crippen molar-refractivity contribution in [2.24, 2.45) is 23.0 Å². The van der Waals surface area contributed by atoms with Gasteiger partial charge in [-0.15, -0.1) is 12.4 Å². The summed E-state index contributed by atoms with van der Waals surface area (Å²) in [6, 6.07) is 0.224. The summed E-state index contributed by atoms with van der Waals surface area (Å²) in [5, 5.41) is 0. The normalized spacial score (nSPS) is 27.2. The molecule has 1 aliphatic carbocycles. The maximum Gasteiger partial charge on any atom is 0.225 e. The van der Waals surface area contributed by atoms with E-state index in [4.69, 9.17) is 5.73 Å². The van der Waals surface area contributed by atoms with Crippen molar-refractivity contribution in [3.63, 3.8) is 0 Å². The van der Waals surface area contributed by atoms with Gasteiger partial charge in [0, 0.05) is 25.0 Å². The SMILES string of the molecule is CCC(CC1CCCC1)C(=O)N1CCC(N)C(C)(C)C1.Cl. The summed E-state index contributed by atoms with van der Waals surface area (Å²) in [4.78, 5) is 14.9. The van der Waals surface area contributed by atoms with Gasteiger partial charge in [-0.2, -0.15) is 0 Å². The third-order valence-corrected chi connectivity index (χ3v) is 5.56. The third-order valence-electron chi connectivity index (χ3n) is 5.56. The number of hydrogen-bond donors (Lipinski definition) is 1. The molecular formula is C17H33ClN2O. The molecule has 0 aromatic rings. The van der Waals surface area contributed by atoms with E-state index in [0.29, 0.717) is 5.91 Å². The van der Waals surface area contributed by atoms with Crippen LogP contribution in [0.15, 0.2) is 0 Å². The predicted octanol–water partition coefficient (Wildman–Crippen LogP) is 3.60. The number of nitrogens with zero attached hydrogens (tertiary/aromatic N) is 1. The van der Waals surface area contributed by atoms with E-state index in [1.807, 2.05) is 0 Å². The van der Waals surface area contributed by atoms with E-state index in [2.05, 4.69) is 25.7 Å². The Kier molecular flexibility index (Phi) is 6.99. The van der Waals surface area contributed by atoms with Crippen LogP contribution in [0.4, 0.5) is 0 Å². The lowest BCUT2D eigenvalue weighted by Crippen LogP contribution is -2.55. The highest BCUT2D eigenvalue weighted by Gasteiger charge is 2.37. The zero-order chi connectivity index (χ0) is 14.8. The van der Waals surface area contributed by atoms with Crippen molar-refractivity contribution in [2.75, 3.05) is 13.1 Å². The van der Waals surface area contributed by atoms with Gasteiger partial charge >= 0.3 is 0 Å². The minimum absolute atomic E-state index is 0. The lowest BCUT2D eigenvalue weighted by molar-refractivity contribution is -0.139. The molecule has 2 unspecified atom stereocenters. The van der Waals surface area contributed by atoms with Gasteiger partial charge < -0.3 is 10.6 Å². The molecule has 1 heterocycles.